The number of anilines is 1. The van der Waals surface area contributed by atoms with E-state index < -0.39 is 0 Å². The number of methoxy groups -OCH3 is 1. The first-order chi connectivity index (χ1) is 12.8. The van der Waals surface area contributed by atoms with Crippen molar-refractivity contribution in [3.05, 3.63) is 12.4 Å². The summed E-state index contributed by atoms with van der Waals surface area (Å²) in [5.74, 6) is 1.82. The number of ether oxygens (including phenoxy) is 1. The summed E-state index contributed by atoms with van der Waals surface area (Å²) in [6.07, 6.45) is 9.44. The molecule has 7 nitrogen and oxygen atoms in total. The van der Waals surface area contributed by atoms with Gasteiger partial charge in [0, 0.05) is 37.8 Å². The van der Waals surface area contributed by atoms with Gasteiger partial charge in [-0.3, -0.25) is 9.69 Å². The van der Waals surface area contributed by atoms with Gasteiger partial charge in [0.1, 0.15) is 12.1 Å². The zero-order valence-electron chi connectivity index (χ0n) is 15.6. The Morgan fingerprint density at radius 2 is 1.88 bits per heavy atom. The molecule has 1 N–H and O–H groups in total. The van der Waals surface area contributed by atoms with E-state index >= 15 is 0 Å². The fourth-order valence-electron chi connectivity index (χ4n) is 4.35. The van der Waals surface area contributed by atoms with E-state index in [1.807, 2.05) is 6.07 Å². The molecular formula is C19H29N5O2. The van der Waals surface area contributed by atoms with Crippen molar-refractivity contribution in [2.45, 2.75) is 63.1 Å². The van der Waals surface area contributed by atoms with Gasteiger partial charge >= 0.3 is 0 Å². The Hall–Kier alpha value is -1.89. The summed E-state index contributed by atoms with van der Waals surface area (Å²) in [5, 5.41) is 3.07. The molecule has 0 spiro atoms. The zero-order chi connectivity index (χ0) is 17.9. The summed E-state index contributed by atoms with van der Waals surface area (Å²) >= 11 is 0. The minimum absolute atomic E-state index is 0.0620. The van der Waals surface area contributed by atoms with E-state index in [4.69, 9.17) is 4.74 Å². The number of nitrogens with one attached hydrogen (secondary N) is 1. The topological polar surface area (TPSA) is 70.6 Å². The number of likely N-dealkylation sites (tertiary alicyclic amines) is 1. The number of hydrogen-bond donors (Lipinski definition) is 1. The number of nitrogens with zero attached hydrogens (tertiary/aromatic N) is 4. The van der Waals surface area contributed by atoms with Crippen molar-refractivity contribution in [1.29, 1.82) is 0 Å². The van der Waals surface area contributed by atoms with Gasteiger partial charge in [-0.2, -0.15) is 0 Å². The Balaban J connectivity index is 1.43. The van der Waals surface area contributed by atoms with Gasteiger partial charge in [-0.05, 0) is 44.9 Å². The average molecular weight is 359 g/mol. The van der Waals surface area contributed by atoms with Crippen LogP contribution < -0.4 is 15.0 Å². The molecule has 7 heteroatoms. The highest BCUT2D eigenvalue weighted by Gasteiger charge is 2.38. The molecule has 2 saturated heterocycles. The van der Waals surface area contributed by atoms with Crippen LogP contribution >= 0.6 is 0 Å². The molecule has 0 radical (unpaired) electrons. The summed E-state index contributed by atoms with van der Waals surface area (Å²) in [6, 6.07) is 3.08. The predicted molar refractivity (Wildman–Crippen MR) is 99.3 cm³/mol. The molecule has 1 unspecified atom stereocenters. The standard InChI is InChI=1S/C19H29N5O2/c1-26-18-12-17(21-13-22-18)24(14-5-6-14)15-7-10-23(11-8-15)16-4-2-3-9-20-19(16)25/h12-16H,2-11H2,1H3,(H,20,25). The Morgan fingerprint density at radius 3 is 2.62 bits per heavy atom. The maximum atomic E-state index is 12.3. The minimum Gasteiger partial charge on any atom is -0.481 e. The van der Waals surface area contributed by atoms with Gasteiger partial charge < -0.3 is 15.0 Å². The monoisotopic (exact) mass is 359 g/mol. The van der Waals surface area contributed by atoms with E-state index in [9.17, 15) is 4.79 Å². The molecule has 1 aromatic heterocycles. The quantitative estimate of drug-likeness (QED) is 0.861. The van der Waals surface area contributed by atoms with E-state index in [2.05, 4.69) is 25.1 Å². The average Bonchev–Trinajstić information content (AvgIpc) is 3.52. The summed E-state index contributed by atoms with van der Waals surface area (Å²) < 4.78 is 5.28. The number of carbonyl (C=O) groups excluding carboxylic acids is 1. The normalized spacial score (nSPS) is 25.4. The van der Waals surface area contributed by atoms with Crippen LogP contribution in [0.1, 0.15) is 44.9 Å². The second-order valence-electron chi connectivity index (χ2n) is 7.63. The molecule has 3 heterocycles. The molecule has 142 valence electrons. The lowest BCUT2D eigenvalue weighted by Gasteiger charge is -2.41. The van der Waals surface area contributed by atoms with Crippen LogP contribution in [0.2, 0.25) is 0 Å². The van der Waals surface area contributed by atoms with Crippen molar-refractivity contribution in [3.8, 4) is 5.88 Å². The SMILES string of the molecule is COc1cc(N(C2CC2)C2CCN(C3CCCCNC3=O)CC2)ncn1. The smallest absolute Gasteiger partial charge is 0.237 e. The van der Waals surface area contributed by atoms with E-state index in [1.54, 1.807) is 13.4 Å². The van der Waals surface area contributed by atoms with Gasteiger partial charge in [-0.15, -0.1) is 0 Å². The third kappa shape index (κ3) is 3.77. The highest BCUT2D eigenvalue weighted by molar-refractivity contribution is 5.81. The molecule has 1 amide bonds. The molecule has 1 aliphatic carbocycles. The fourth-order valence-corrected chi connectivity index (χ4v) is 4.35. The summed E-state index contributed by atoms with van der Waals surface area (Å²) in [5.41, 5.74) is 0. The first-order valence-electron chi connectivity index (χ1n) is 9.92. The molecule has 0 bridgehead atoms. The van der Waals surface area contributed by atoms with Crippen LogP contribution in [0.3, 0.4) is 0 Å². The molecule has 26 heavy (non-hydrogen) atoms. The Bertz CT molecular complexity index is 628. The third-order valence-electron chi connectivity index (χ3n) is 5.88. The van der Waals surface area contributed by atoms with Gasteiger partial charge in [-0.25, -0.2) is 9.97 Å². The van der Waals surface area contributed by atoms with E-state index in [0.717, 1.165) is 57.6 Å². The number of piperidine rings is 1. The van der Waals surface area contributed by atoms with Crippen LogP contribution in [0.5, 0.6) is 5.88 Å². The lowest BCUT2D eigenvalue weighted by molar-refractivity contribution is -0.126. The van der Waals surface area contributed by atoms with Crippen molar-refractivity contribution in [3.63, 3.8) is 0 Å². The number of amides is 1. The van der Waals surface area contributed by atoms with Gasteiger partial charge in [-0.1, -0.05) is 0 Å². The summed E-state index contributed by atoms with van der Waals surface area (Å²) in [7, 11) is 1.64. The lowest BCUT2D eigenvalue weighted by atomic mass is 9.99. The maximum absolute atomic E-state index is 12.3. The molecular weight excluding hydrogens is 330 g/mol. The number of hydrogen-bond acceptors (Lipinski definition) is 6. The van der Waals surface area contributed by atoms with Crippen LogP contribution in [-0.2, 0) is 4.79 Å². The van der Waals surface area contributed by atoms with Gasteiger partial charge in [0.25, 0.3) is 0 Å². The van der Waals surface area contributed by atoms with Crippen molar-refractivity contribution < 1.29 is 9.53 Å². The summed E-state index contributed by atoms with van der Waals surface area (Å²) in [6.45, 7) is 2.79. The molecule has 1 aromatic rings. The summed E-state index contributed by atoms with van der Waals surface area (Å²) in [4.78, 5) is 25.9. The van der Waals surface area contributed by atoms with Crippen LogP contribution in [0, 0.1) is 0 Å². The van der Waals surface area contributed by atoms with Crippen LogP contribution in [0.4, 0.5) is 5.82 Å². The van der Waals surface area contributed by atoms with Crippen molar-refractivity contribution in [2.24, 2.45) is 0 Å². The van der Waals surface area contributed by atoms with Crippen LogP contribution in [-0.4, -0.2) is 65.6 Å². The molecule has 3 aliphatic rings. The van der Waals surface area contributed by atoms with Gasteiger partial charge in [0.2, 0.25) is 11.8 Å². The van der Waals surface area contributed by atoms with E-state index in [0.29, 0.717) is 18.0 Å². The van der Waals surface area contributed by atoms with Gasteiger partial charge in [0.05, 0.1) is 13.2 Å². The Kier molecular flexibility index (Phi) is 5.24. The highest BCUT2D eigenvalue weighted by Crippen LogP contribution is 2.36. The Labute approximate surface area is 155 Å². The van der Waals surface area contributed by atoms with E-state index in [-0.39, 0.29) is 11.9 Å². The molecule has 0 aromatic carbocycles. The second-order valence-corrected chi connectivity index (χ2v) is 7.63. The number of aromatic nitrogens is 2. The fraction of sp³-hybridized carbons (Fsp3) is 0.737. The van der Waals surface area contributed by atoms with Gasteiger partial charge in [0.15, 0.2) is 0 Å². The largest absolute Gasteiger partial charge is 0.481 e. The molecule has 3 fully saturated rings. The first-order valence-corrected chi connectivity index (χ1v) is 9.92. The lowest BCUT2D eigenvalue weighted by Crippen LogP contribution is -2.52. The molecule has 1 saturated carbocycles. The number of carbonyl (C=O) groups is 1. The van der Waals surface area contributed by atoms with Crippen molar-refractivity contribution in [2.75, 3.05) is 31.6 Å². The molecule has 2 aliphatic heterocycles. The van der Waals surface area contributed by atoms with Crippen LogP contribution in [0.25, 0.3) is 0 Å². The van der Waals surface area contributed by atoms with Crippen molar-refractivity contribution in [1.82, 2.24) is 20.2 Å². The number of rotatable bonds is 5. The third-order valence-corrected chi connectivity index (χ3v) is 5.88. The molecule has 1 atom stereocenters. The maximum Gasteiger partial charge on any atom is 0.237 e. The van der Waals surface area contributed by atoms with Crippen LogP contribution in [0.15, 0.2) is 12.4 Å². The second kappa shape index (κ2) is 7.78. The Morgan fingerprint density at radius 1 is 1.12 bits per heavy atom. The van der Waals surface area contributed by atoms with Crippen molar-refractivity contribution >= 4 is 11.7 Å². The minimum atomic E-state index is 0.0620. The molecule has 4 rings (SSSR count). The highest BCUT2D eigenvalue weighted by atomic mass is 16.5. The van der Waals surface area contributed by atoms with E-state index in [1.165, 1.54) is 12.8 Å². The first kappa shape index (κ1) is 17.5. The zero-order valence-corrected chi connectivity index (χ0v) is 15.6. The predicted octanol–water partition coefficient (Wildman–Crippen LogP) is 1.59.